The summed E-state index contributed by atoms with van der Waals surface area (Å²) in [6.45, 7) is 0.709. The normalized spacial score (nSPS) is 22.7. The van der Waals surface area contributed by atoms with Crippen molar-refractivity contribution in [3.8, 4) is 5.69 Å². The van der Waals surface area contributed by atoms with Crippen molar-refractivity contribution >= 4 is 0 Å². The predicted octanol–water partition coefficient (Wildman–Crippen LogP) is 2.46. The second-order valence-corrected chi connectivity index (χ2v) is 4.70. The number of hydrogen-bond donors (Lipinski definition) is 1. The van der Waals surface area contributed by atoms with Crippen molar-refractivity contribution in [1.29, 1.82) is 0 Å². The van der Waals surface area contributed by atoms with Crippen molar-refractivity contribution in [2.45, 2.75) is 31.6 Å². The Morgan fingerprint density at radius 1 is 1.33 bits per heavy atom. The van der Waals surface area contributed by atoms with Crippen LogP contribution in [0.25, 0.3) is 5.69 Å². The summed E-state index contributed by atoms with van der Waals surface area (Å²) in [5.41, 5.74) is 2.19. The van der Waals surface area contributed by atoms with Gasteiger partial charge in [0.25, 0.3) is 0 Å². The van der Waals surface area contributed by atoms with E-state index in [1.54, 1.807) is 6.20 Å². The number of benzene rings is 1. The highest BCUT2D eigenvalue weighted by atomic mass is 19.1. The van der Waals surface area contributed by atoms with Gasteiger partial charge in [-0.2, -0.15) is 5.10 Å². The number of nitrogens with one attached hydrogen (secondary N) is 1. The van der Waals surface area contributed by atoms with Crippen molar-refractivity contribution < 1.29 is 4.39 Å². The highest BCUT2D eigenvalue weighted by molar-refractivity contribution is 5.35. The minimum atomic E-state index is -0.667. The third kappa shape index (κ3) is 2.29. The van der Waals surface area contributed by atoms with Crippen LogP contribution in [0.1, 0.15) is 18.4 Å². The summed E-state index contributed by atoms with van der Waals surface area (Å²) >= 11 is 0. The third-order valence-corrected chi connectivity index (χ3v) is 3.44. The minimum Gasteiger partial charge on any atom is -0.307 e. The molecule has 2 unspecified atom stereocenters. The number of halogens is 1. The van der Waals surface area contributed by atoms with Crippen molar-refractivity contribution in [2.24, 2.45) is 0 Å². The molecule has 4 heteroatoms. The molecule has 0 spiro atoms. The Hall–Kier alpha value is -1.68. The van der Waals surface area contributed by atoms with E-state index >= 15 is 0 Å². The zero-order valence-electron chi connectivity index (χ0n) is 10.1. The molecule has 1 saturated carbocycles. The standard InChI is InChI=1S/C14H16FN3/c15-13-5-6-14(13)16-10-11-3-1-4-12(9-11)18-8-2-7-17-18/h1-4,7-9,13-14,16H,5-6,10H2. The lowest BCUT2D eigenvalue weighted by molar-refractivity contribution is 0.141. The number of nitrogens with zero attached hydrogens (tertiary/aromatic N) is 2. The van der Waals surface area contributed by atoms with Crippen molar-refractivity contribution in [3.63, 3.8) is 0 Å². The van der Waals surface area contributed by atoms with Crippen LogP contribution < -0.4 is 5.32 Å². The van der Waals surface area contributed by atoms with E-state index in [0.717, 1.165) is 17.7 Å². The largest absolute Gasteiger partial charge is 0.307 e. The highest BCUT2D eigenvalue weighted by Gasteiger charge is 2.29. The number of alkyl halides is 1. The van der Waals surface area contributed by atoms with Crippen LogP contribution in [0.2, 0.25) is 0 Å². The lowest BCUT2D eigenvalue weighted by Crippen LogP contribution is -2.45. The van der Waals surface area contributed by atoms with Gasteiger partial charge in [-0.3, -0.25) is 0 Å². The fourth-order valence-electron chi connectivity index (χ4n) is 2.17. The van der Waals surface area contributed by atoms with Crippen molar-refractivity contribution in [1.82, 2.24) is 15.1 Å². The van der Waals surface area contributed by atoms with Gasteiger partial charge in [-0.05, 0) is 36.6 Å². The first-order valence-corrected chi connectivity index (χ1v) is 6.29. The molecule has 1 heterocycles. The molecule has 1 aromatic carbocycles. The maximum Gasteiger partial charge on any atom is 0.115 e. The first-order chi connectivity index (χ1) is 8.83. The average molecular weight is 245 g/mol. The molecule has 1 aromatic heterocycles. The average Bonchev–Trinajstić information content (AvgIpc) is 2.91. The molecule has 1 aliphatic carbocycles. The Labute approximate surface area is 106 Å². The van der Waals surface area contributed by atoms with Crippen molar-refractivity contribution in [2.75, 3.05) is 0 Å². The summed E-state index contributed by atoms with van der Waals surface area (Å²) < 4.78 is 14.9. The highest BCUT2D eigenvalue weighted by Crippen LogP contribution is 2.23. The van der Waals surface area contributed by atoms with E-state index in [-0.39, 0.29) is 6.04 Å². The Kier molecular flexibility index (Phi) is 3.11. The zero-order chi connectivity index (χ0) is 12.4. The predicted molar refractivity (Wildman–Crippen MR) is 68.3 cm³/mol. The first kappa shape index (κ1) is 11.4. The van der Waals surface area contributed by atoms with Gasteiger partial charge < -0.3 is 5.32 Å². The smallest absolute Gasteiger partial charge is 0.115 e. The molecule has 18 heavy (non-hydrogen) atoms. The minimum absolute atomic E-state index is 0.0401. The van der Waals surface area contributed by atoms with Crippen LogP contribution in [-0.2, 0) is 6.54 Å². The number of hydrogen-bond acceptors (Lipinski definition) is 2. The Balaban J connectivity index is 1.67. The molecule has 0 aliphatic heterocycles. The fourth-order valence-corrected chi connectivity index (χ4v) is 2.17. The summed E-state index contributed by atoms with van der Waals surface area (Å²) in [5.74, 6) is 0. The van der Waals surface area contributed by atoms with E-state index in [4.69, 9.17) is 0 Å². The molecule has 0 amide bonds. The lowest BCUT2D eigenvalue weighted by atomic mass is 9.90. The second-order valence-electron chi connectivity index (χ2n) is 4.70. The summed E-state index contributed by atoms with van der Waals surface area (Å²) in [7, 11) is 0. The molecule has 94 valence electrons. The molecule has 0 saturated heterocycles. The summed E-state index contributed by atoms with van der Waals surface area (Å²) in [6.07, 6.45) is 4.65. The molecule has 0 bridgehead atoms. The molecule has 1 fully saturated rings. The SMILES string of the molecule is FC1CCC1NCc1cccc(-n2cccn2)c1. The summed E-state index contributed by atoms with van der Waals surface area (Å²) in [4.78, 5) is 0. The molecule has 2 atom stereocenters. The maximum atomic E-state index is 13.1. The molecular formula is C14H16FN3. The summed E-state index contributed by atoms with van der Waals surface area (Å²) in [5, 5.41) is 7.45. The Morgan fingerprint density at radius 3 is 2.94 bits per heavy atom. The van der Waals surface area contributed by atoms with Crippen LogP contribution in [0.5, 0.6) is 0 Å². The van der Waals surface area contributed by atoms with E-state index in [2.05, 4.69) is 16.5 Å². The maximum absolute atomic E-state index is 13.1. The Bertz CT molecular complexity index is 510. The second kappa shape index (κ2) is 4.90. The van der Waals surface area contributed by atoms with Crippen molar-refractivity contribution in [3.05, 3.63) is 48.3 Å². The lowest BCUT2D eigenvalue weighted by Gasteiger charge is -2.31. The third-order valence-electron chi connectivity index (χ3n) is 3.44. The molecule has 1 aliphatic rings. The van der Waals surface area contributed by atoms with Gasteiger partial charge in [-0.25, -0.2) is 9.07 Å². The molecule has 1 N–H and O–H groups in total. The van der Waals surface area contributed by atoms with Gasteiger partial charge in [-0.1, -0.05) is 12.1 Å². The van der Waals surface area contributed by atoms with E-state index < -0.39 is 6.17 Å². The zero-order valence-corrected chi connectivity index (χ0v) is 10.1. The van der Waals surface area contributed by atoms with Crippen LogP contribution >= 0.6 is 0 Å². The van der Waals surface area contributed by atoms with Gasteiger partial charge in [0.05, 0.1) is 5.69 Å². The van der Waals surface area contributed by atoms with Crippen LogP contribution in [0, 0.1) is 0 Å². The Morgan fingerprint density at radius 2 is 2.28 bits per heavy atom. The fraction of sp³-hybridized carbons (Fsp3) is 0.357. The monoisotopic (exact) mass is 245 g/mol. The first-order valence-electron chi connectivity index (χ1n) is 6.29. The number of rotatable bonds is 4. The molecule has 3 nitrogen and oxygen atoms in total. The number of aromatic nitrogens is 2. The van der Waals surface area contributed by atoms with E-state index in [9.17, 15) is 4.39 Å². The molecule has 2 aromatic rings. The van der Waals surface area contributed by atoms with Crippen LogP contribution in [0.15, 0.2) is 42.7 Å². The molecule has 3 rings (SSSR count). The van der Waals surface area contributed by atoms with Gasteiger partial charge in [0.1, 0.15) is 6.17 Å². The van der Waals surface area contributed by atoms with E-state index in [1.807, 2.05) is 35.1 Å². The molecule has 0 radical (unpaired) electrons. The van der Waals surface area contributed by atoms with Crippen LogP contribution in [0.3, 0.4) is 0 Å². The van der Waals surface area contributed by atoms with E-state index in [0.29, 0.717) is 13.0 Å². The summed E-state index contributed by atoms with van der Waals surface area (Å²) in [6, 6.07) is 10.1. The van der Waals surface area contributed by atoms with Gasteiger partial charge in [0.2, 0.25) is 0 Å². The quantitative estimate of drug-likeness (QED) is 0.896. The van der Waals surface area contributed by atoms with Crippen LogP contribution in [-0.4, -0.2) is 22.0 Å². The van der Waals surface area contributed by atoms with E-state index in [1.165, 1.54) is 0 Å². The van der Waals surface area contributed by atoms with Gasteiger partial charge in [0.15, 0.2) is 0 Å². The van der Waals surface area contributed by atoms with Gasteiger partial charge >= 0.3 is 0 Å². The van der Waals surface area contributed by atoms with Crippen LogP contribution in [0.4, 0.5) is 4.39 Å². The van der Waals surface area contributed by atoms with Gasteiger partial charge in [-0.15, -0.1) is 0 Å². The molecular weight excluding hydrogens is 229 g/mol. The topological polar surface area (TPSA) is 29.9 Å². The van der Waals surface area contributed by atoms with Gasteiger partial charge in [0, 0.05) is 25.0 Å².